The van der Waals surface area contributed by atoms with Gasteiger partial charge >= 0.3 is 6.03 Å². The third-order valence-electron chi connectivity index (χ3n) is 5.59. The first kappa shape index (κ1) is 22.2. The maximum absolute atomic E-state index is 13.8. The number of hydrogen-bond donors (Lipinski definition) is 2. The molecule has 1 aliphatic rings. The van der Waals surface area contributed by atoms with Crippen molar-refractivity contribution in [1.29, 1.82) is 0 Å². The van der Waals surface area contributed by atoms with E-state index in [1.165, 1.54) is 55.2 Å². The first-order valence-electron chi connectivity index (χ1n) is 10.8. The van der Waals surface area contributed by atoms with Crippen molar-refractivity contribution in [2.75, 3.05) is 0 Å². The molecule has 170 valence electrons. The highest BCUT2D eigenvalue weighted by Crippen LogP contribution is 2.25. The Morgan fingerprint density at radius 2 is 1.94 bits per heavy atom. The van der Waals surface area contributed by atoms with Crippen LogP contribution in [-0.4, -0.2) is 35.6 Å². The molecule has 0 spiro atoms. The molecular weight excluding hydrogens is 435 g/mol. The number of hydrogen-bond acceptors (Lipinski definition) is 5. The molecule has 3 aromatic rings. The van der Waals surface area contributed by atoms with E-state index in [2.05, 4.69) is 30.8 Å². The van der Waals surface area contributed by atoms with Gasteiger partial charge < -0.3 is 10.6 Å². The number of benzene rings is 1. The van der Waals surface area contributed by atoms with Crippen LogP contribution in [0.4, 0.5) is 9.18 Å². The first-order valence-corrected chi connectivity index (χ1v) is 11.1. The van der Waals surface area contributed by atoms with Gasteiger partial charge in [0.05, 0.1) is 23.8 Å². The smallest absolute Gasteiger partial charge is 0.315 e. The molecule has 2 amide bonds. The zero-order chi connectivity index (χ0) is 22.5. The van der Waals surface area contributed by atoms with Gasteiger partial charge in [0.1, 0.15) is 23.8 Å². The topological polar surface area (TPSA) is 103 Å². The number of urea groups is 1. The summed E-state index contributed by atoms with van der Waals surface area (Å²) in [6.07, 6.45) is 7.79. The summed E-state index contributed by atoms with van der Waals surface area (Å²) in [6.45, 7) is 2.95. The summed E-state index contributed by atoms with van der Waals surface area (Å²) in [5, 5.41) is 14.2. The Labute approximate surface area is 190 Å². The van der Waals surface area contributed by atoms with Crippen molar-refractivity contribution in [2.45, 2.75) is 58.7 Å². The Bertz CT molecular complexity index is 1080. The van der Waals surface area contributed by atoms with Crippen LogP contribution in [0.1, 0.15) is 49.6 Å². The van der Waals surface area contributed by atoms with Gasteiger partial charge in [0.2, 0.25) is 0 Å². The van der Waals surface area contributed by atoms with Gasteiger partial charge in [-0.15, -0.1) is 0 Å². The van der Waals surface area contributed by atoms with Crippen LogP contribution in [0.3, 0.4) is 0 Å². The van der Waals surface area contributed by atoms with E-state index in [4.69, 9.17) is 11.6 Å². The van der Waals surface area contributed by atoms with Crippen molar-refractivity contribution < 1.29 is 9.18 Å². The van der Waals surface area contributed by atoms with Crippen molar-refractivity contribution in [1.82, 2.24) is 40.2 Å². The summed E-state index contributed by atoms with van der Waals surface area (Å²) >= 11 is 5.76. The van der Waals surface area contributed by atoms with E-state index >= 15 is 0 Å². The number of amides is 2. The van der Waals surface area contributed by atoms with Crippen LogP contribution in [0.25, 0.3) is 5.69 Å². The lowest BCUT2D eigenvalue weighted by molar-refractivity contribution is 0.239. The third kappa shape index (κ3) is 5.42. The van der Waals surface area contributed by atoms with Gasteiger partial charge in [-0.3, -0.25) is 0 Å². The summed E-state index contributed by atoms with van der Waals surface area (Å²) in [5.41, 5.74) is 0.473. The zero-order valence-corrected chi connectivity index (χ0v) is 18.6. The molecule has 0 bridgehead atoms. The van der Waals surface area contributed by atoms with Crippen LogP contribution in [0.5, 0.6) is 0 Å². The maximum atomic E-state index is 13.8. The van der Waals surface area contributed by atoms with Crippen molar-refractivity contribution >= 4 is 17.6 Å². The van der Waals surface area contributed by atoms with E-state index in [0.29, 0.717) is 23.3 Å². The molecule has 2 N–H and O–H groups in total. The van der Waals surface area contributed by atoms with Crippen LogP contribution in [-0.2, 0) is 19.6 Å². The average Bonchev–Trinajstić information content (AvgIpc) is 3.39. The van der Waals surface area contributed by atoms with Crippen LogP contribution < -0.4 is 10.6 Å². The standard InChI is InChI=1S/C21H26ClFN8O/c1-14-28-20(31(29-14)16-7-8-17(22)18(23)9-16)11-25-21(32)24-10-19-26-13-27-30(19)12-15-5-3-2-4-6-15/h7-9,13,15H,2-6,10-12H2,1H3,(H2,24,25,32). The molecular formula is C21H26ClFN8O. The summed E-state index contributed by atoms with van der Waals surface area (Å²) in [4.78, 5) is 21.0. The number of aromatic nitrogens is 6. The van der Waals surface area contributed by atoms with Gasteiger partial charge in [-0.2, -0.15) is 10.2 Å². The highest BCUT2D eigenvalue weighted by atomic mass is 35.5. The van der Waals surface area contributed by atoms with Crippen molar-refractivity contribution in [3.05, 3.63) is 52.8 Å². The van der Waals surface area contributed by atoms with Crippen molar-refractivity contribution in [2.24, 2.45) is 5.92 Å². The Hall–Kier alpha value is -3.01. The predicted octanol–water partition coefficient (Wildman–Crippen LogP) is 3.54. The minimum Gasteiger partial charge on any atom is -0.331 e. The number of carbonyl (C=O) groups excluding carboxylic acids is 1. The minimum absolute atomic E-state index is 0.0287. The van der Waals surface area contributed by atoms with Gasteiger partial charge in [-0.1, -0.05) is 30.9 Å². The van der Waals surface area contributed by atoms with Gasteiger partial charge in [0, 0.05) is 12.6 Å². The molecule has 2 aromatic heterocycles. The number of aryl methyl sites for hydroxylation is 1. The number of halogens is 2. The molecule has 0 radical (unpaired) electrons. The zero-order valence-electron chi connectivity index (χ0n) is 17.9. The van der Waals surface area contributed by atoms with E-state index in [0.717, 1.165) is 12.4 Å². The van der Waals surface area contributed by atoms with Gasteiger partial charge in [-0.25, -0.2) is 28.5 Å². The van der Waals surface area contributed by atoms with Gasteiger partial charge in [-0.05, 0) is 37.8 Å². The molecule has 1 aromatic carbocycles. The van der Waals surface area contributed by atoms with E-state index in [1.807, 2.05) is 4.68 Å². The number of rotatable bonds is 7. The normalized spacial score (nSPS) is 14.5. The van der Waals surface area contributed by atoms with E-state index in [-0.39, 0.29) is 24.1 Å². The molecule has 4 rings (SSSR count). The molecule has 1 fully saturated rings. The Kier molecular flexibility index (Phi) is 6.99. The molecule has 9 nitrogen and oxygen atoms in total. The largest absolute Gasteiger partial charge is 0.331 e. The van der Waals surface area contributed by atoms with Crippen LogP contribution >= 0.6 is 11.6 Å². The summed E-state index contributed by atoms with van der Waals surface area (Å²) in [5.74, 6) is 1.77. The molecule has 0 unspecified atom stereocenters. The first-order chi connectivity index (χ1) is 15.5. The summed E-state index contributed by atoms with van der Waals surface area (Å²) in [7, 11) is 0. The van der Waals surface area contributed by atoms with Crippen LogP contribution in [0, 0.1) is 18.7 Å². The lowest BCUT2D eigenvalue weighted by Gasteiger charge is -2.21. The van der Waals surface area contributed by atoms with Crippen molar-refractivity contribution in [3.8, 4) is 5.69 Å². The van der Waals surface area contributed by atoms with Gasteiger partial charge in [0.15, 0.2) is 5.82 Å². The molecule has 0 saturated heterocycles. The molecule has 0 atom stereocenters. The number of nitrogens with zero attached hydrogens (tertiary/aromatic N) is 6. The van der Waals surface area contributed by atoms with E-state index in [9.17, 15) is 9.18 Å². The van der Waals surface area contributed by atoms with Crippen LogP contribution in [0.15, 0.2) is 24.5 Å². The number of carbonyl (C=O) groups is 1. The number of nitrogens with one attached hydrogen (secondary N) is 2. The molecule has 1 aliphatic carbocycles. The van der Waals surface area contributed by atoms with Crippen molar-refractivity contribution in [3.63, 3.8) is 0 Å². The minimum atomic E-state index is -0.550. The fraction of sp³-hybridized carbons (Fsp3) is 0.476. The maximum Gasteiger partial charge on any atom is 0.315 e. The lowest BCUT2D eigenvalue weighted by atomic mass is 9.89. The third-order valence-corrected chi connectivity index (χ3v) is 5.90. The SMILES string of the molecule is Cc1nc(CNC(=O)NCc2ncnn2CC2CCCCC2)n(-c2ccc(Cl)c(F)c2)n1. The molecule has 32 heavy (non-hydrogen) atoms. The van der Waals surface area contributed by atoms with Crippen LogP contribution in [0.2, 0.25) is 5.02 Å². The molecule has 11 heteroatoms. The second-order valence-corrected chi connectivity index (χ2v) is 8.39. The summed E-state index contributed by atoms with van der Waals surface area (Å²) in [6, 6.07) is 4.00. The second-order valence-electron chi connectivity index (χ2n) is 7.98. The van der Waals surface area contributed by atoms with Gasteiger partial charge in [0.25, 0.3) is 0 Å². The summed E-state index contributed by atoms with van der Waals surface area (Å²) < 4.78 is 17.2. The monoisotopic (exact) mass is 460 g/mol. The Balaban J connectivity index is 1.32. The predicted molar refractivity (Wildman–Crippen MR) is 117 cm³/mol. The fourth-order valence-electron chi connectivity index (χ4n) is 3.97. The highest BCUT2D eigenvalue weighted by Gasteiger charge is 2.17. The molecule has 0 aliphatic heterocycles. The van der Waals surface area contributed by atoms with E-state index < -0.39 is 5.82 Å². The fourth-order valence-corrected chi connectivity index (χ4v) is 4.09. The highest BCUT2D eigenvalue weighted by molar-refractivity contribution is 6.30. The quantitative estimate of drug-likeness (QED) is 0.561. The molecule has 1 saturated carbocycles. The Morgan fingerprint density at radius 1 is 1.19 bits per heavy atom. The average molecular weight is 461 g/mol. The second kappa shape index (κ2) is 10.1. The molecule has 2 heterocycles. The Morgan fingerprint density at radius 3 is 2.69 bits per heavy atom. The van der Waals surface area contributed by atoms with E-state index in [1.54, 1.807) is 13.0 Å². The lowest BCUT2D eigenvalue weighted by Crippen LogP contribution is -2.36.